The topological polar surface area (TPSA) is 29.5 Å². The lowest BCUT2D eigenvalue weighted by Crippen LogP contribution is -3.00. The molecule has 0 unspecified atom stereocenters. The first-order valence-corrected chi connectivity index (χ1v) is 8.63. The maximum absolute atomic E-state index is 8.84. The van der Waals surface area contributed by atoms with Crippen LogP contribution < -0.4 is 12.4 Å². The molecule has 3 nitrogen and oxygen atoms in total. The number of quaternary nitrogens is 1. The van der Waals surface area contributed by atoms with Gasteiger partial charge in [0.05, 0.1) is 27.2 Å². The molecular weight excluding hydrogens is 286 g/mol. The standard InChI is InChI=1S/C17H38NO2.ClH/c1-4-5-6-7-8-9-10-11-12-16-20-17-18(2,3)14-13-15-19;/h19H,4-17H2,1-3H3;1H/q+1;/p-1. The van der Waals surface area contributed by atoms with Crippen molar-refractivity contribution in [2.24, 2.45) is 0 Å². The summed E-state index contributed by atoms with van der Waals surface area (Å²) in [6.07, 6.45) is 13.1. The number of aliphatic hydroxyl groups excluding tert-OH is 1. The molecule has 0 aromatic heterocycles. The van der Waals surface area contributed by atoms with Crippen LogP contribution in [0.25, 0.3) is 0 Å². The zero-order chi connectivity index (χ0) is 15.1. The van der Waals surface area contributed by atoms with Gasteiger partial charge < -0.3 is 26.7 Å². The molecule has 0 amide bonds. The maximum Gasteiger partial charge on any atom is 0.182 e. The normalized spacial score (nSPS) is 11.4. The quantitative estimate of drug-likeness (QED) is 0.276. The zero-order valence-corrected chi connectivity index (χ0v) is 15.3. The first-order chi connectivity index (χ1) is 9.62. The summed E-state index contributed by atoms with van der Waals surface area (Å²) in [6.45, 7) is 5.17. The van der Waals surface area contributed by atoms with Crippen molar-refractivity contribution in [2.75, 3.05) is 40.6 Å². The highest BCUT2D eigenvalue weighted by atomic mass is 35.5. The van der Waals surface area contributed by atoms with E-state index in [-0.39, 0.29) is 19.0 Å². The minimum atomic E-state index is 0. The van der Waals surface area contributed by atoms with E-state index in [1.54, 1.807) is 0 Å². The van der Waals surface area contributed by atoms with Gasteiger partial charge in [-0.3, -0.25) is 0 Å². The molecule has 0 aliphatic rings. The Labute approximate surface area is 139 Å². The highest BCUT2D eigenvalue weighted by Crippen LogP contribution is 2.09. The van der Waals surface area contributed by atoms with Gasteiger partial charge in [-0.2, -0.15) is 0 Å². The molecule has 130 valence electrons. The summed E-state index contributed by atoms with van der Waals surface area (Å²) in [5.74, 6) is 0. The minimum absolute atomic E-state index is 0. The average molecular weight is 324 g/mol. The van der Waals surface area contributed by atoms with Gasteiger partial charge in [0, 0.05) is 13.0 Å². The van der Waals surface area contributed by atoms with E-state index in [2.05, 4.69) is 21.0 Å². The largest absolute Gasteiger partial charge is 1.00 e. The highest BCUT2D eigenvalue weighted by molar-refractivity contribution is 4.46. The van der Waals surface area contributed by atoms with Crippen molar-refractivity contribution in [3.63, 3.8) is 0 Å². The van der Waals surface area contributed by atoms with Crippen molar-refractivity contribution in [2.45, 2.75) is 71.1 Å². The van der Waals surface area contributed by atoms with Crippen molar-refractivity contribution in [3.05, 3.63) is 0 Å². The van der Waals surface area contributed by atoms with E-state index in [0.29, 0.717) is 0 Å². The Kier molecular flexibility index (Phi) is 18.5. The van der Waals surface area contributed by atoms with Gasteiger partial charge in [-0.05, 0) is 6.42 Å². The first kappa shape index (κ1) is 23.4. The van der Waals surface area contributed by atoms with Gasteiger partial charge in [0.15, 0.2) is 6.73 Å². The van der Waals surface area contributed by atoms with Crippen LogP contribution in [-0.2, 0) is 4.74 Å². The van der Waals surface area contributed by atoms with Crippen LogP contribution in [0.2, 0.25) is 0 Å². The fraction of sp³-hybridized carbons (Fsp3) is 1.00. The maximum atomic E-state index is 8.84. The molecule has 0 saturated heterocycles. The summed E-state index contributed by atoms with van der Waals surface area (Å²) in [5, 5.41) is 8.84. The third-order valence-electron chi connectivity index (χ3n) is 3.75. The summed E-state index contributed by atoms with van der Waals surface area (Å²) in [5.41, 5.74) is 0. The summed E-state index contributed by atoms with van der Waals surface area (Å²) < 4.78 is 6.59. The van der Waals surface area contributed by atoms with Gasteiger partial charge >= 0.3 is 0 Å². The van der Waals surface area contributed by atoms with E-state index in [1.807, 2.05) is 0 Å². The molecule has 0 aromatic rings. The van der Waals surface area contributed by atoms with Gasteiger partial charge in [-0.25, -0.2) is 0 Å². The number of ether oxygens (including phenoxy) is 1. The smallest absolute Gasteiger partial charge is 0.182 e. The molecule has 21 heavy (non-hydrogen) atoms. The Bertz CT molecular complexity index is 201. The van der Waals surface area contributed by atoms with Crippen LogP contribution in [0.15, 0.2) is 0 Å². The Morgan fingerprint density at radius 1 is 0.810 bits per heavy atom. The fourth-order valence-corrected chi connectivity index (χ4v) is 2.39. The van der Waals surface area contributed by atoms with Crippen molar-refractivity contribution >= 4 is 0 Å². The van der Waals surface area contributed by atoms with Gasteiger partial charge in [0.2, 0.25) is 0 Å². The molecule has 0 aromatic carbocycles. The van der Waals surface area contributed by atoms with Gasteiger partial charge in [0.25, 0.3) is 0 Å². The monoisotopic (exact) mass is 323 g/mol. The molecule has 1 N–H and O–H groups in total. The molecule has 0 spiro atoms. The molecule has 0 fully saturated rings. The van der Waals surface area contributed by atoms with Crippen molar-refractivity contribution in [3.8, 4) is 0 Å². The average Bonchev–Trinajstić information content (AvgIpc) is 2.42. The second-order valence-corrected chi connectivity index (χ2v) is 6.60. The third-order valence-corrected chi connectivity index (χ3v) is 3.75. The molecule has 4 heteroatoms. The van der Waals surface area contributed by atoms with E-state index >= 15 is 0 Å². The second kappa shape index (κ2) is 16.5. The molecule has 0 atom stereocenters. The summed E-state index contributed by atoms with van der Waals surface area (Å²) in [6, 6.07) is 0. The van der Waals surface area contributed by atoms with Crippen molar-refractivity contribution < 1.29 is 26.7 Å². The third kappa shape index (κ3) is 18.1. The Hall–Kier alpha value is 0.170. The summed E-state index contributed by atoms with van der Waals surface area (Å²) >= 11 is 0. The van der Waals surface area contributed by atoms with E-state index in [1.165, 1.54) is 57.8 Å². The molecule has 0 rings (SSSR count). The van der Waals surface area contributed by atoms with E-state index < -0.39 is 0 Å². The zero-order valence-electron chi connectivity index (χ0n) is 14.6. The molecule has 0 bridgehead atoms. The van der Waals surface area contributed by atoms with Crippen LogP contribution in [0.1, 0.15) is 71.1 Å². The molecule has 0 heterocycles. The number of halogens is 1. The van der Waals surface area contributed by atoms with Crippen LogP contribution in [0.4, 0.5) is 0 Å². The highest BCUT2D eigenvalue weighted by Gasteiger charge is 2.13. The summed E-state index contributed by atoms with van der Waals surface area (Å²) in [7, 11) is 4.32. The number of hydrogen-bond donors (Lipinski definition) is 1. The second-order valence-electron chi connectivity index (χ2n) is 6.60. The Morgan fingerprint density at radius 2 is 1.33 bits per heavy atom. The predicted molar refractivity (Wildman–Crippen MR) is 86.7 cm³/mol. The number of rotatable bonds is 15. The Morgan fingerprint density at radius 3 is 1.86 bits per heavy atom. The predicted octanol–water partition coefficient (Wildman–Crippen LogP) is 0.954. The number of nitrogens with zero attached hydrogens (tertiary/aromatic N) is 1. The van der Waals surface area contributed by atoms with E-state index in [4.69, 9.17) is 9.84 Å². The van der Waals surface area contributed by atoms with Crippen molar-refractivity contribution in [1.82, 2.24) is 0 Å². The molecule has 0 saturated carbocycles. The molecular formula is C17H38ClNO2. The van der Waals surface area contributed by atoms with Crippen LogP contribution in [0, 0.1) is 0 Å². The number of unbranched alkanes of at least 4 members (excludes halogenated alkanes) is 8. The molecule has 0 aliphatic heterocycles. The summed E-state index contributed by atoms with van der Waals surface area (Å²) in [4.78, 5) is 0. The van der Waals surface area contributed by atoms with Crippen LogP contribution >= 0.6 is 0 Å². The lowest BCUT2D eigenvalue weighted by Gasteiger charge is -2.28. The van der Waals surface area contributed by atoms with Crippen LogP contribution in [0.3, 0.4) is 0 Å². The molecule has 0 aliphatic carbocycles. The minimum Gasteiger partial charge on any atom is -1.00 e. The van der Waals surface area contributed by atoms with Crippen LogP contribution in [0.5, 0.6) is 0 Å². The van der Waals surface area contributed by atoms with Gasteiger partial charge in [-0.15, -0.1) is 0 Å². The molecule has 0 radical (unpaired) electrons. The Balaban J connectivity index is 0. The van der Waals surface area contributed by atoms with E-state index in [0.717, 1.165) is 30.8 Å². The van der Waals surface area contributed by atoms with Gasteiger partial charge in [0.1, 0.15) is 0 Å². The SMILES string of the molecule is CCCCCCCCCCCOC[N+](C)(C)CCCO.[Cl-]. The van der Waals surface area contributed by atoms with Crippen LogP contribution in [-0.4, -0.2) is 50.2 Å². The number of hydrogen-bond acceptors (Lipinski definition) is 2. The first-order valence-electron chi connectivity index (χ1n) is 8.63. The lowest BCUT2D eigenvalue weighted by atomic mass is 10.1. The number of aliphatic hydroxyl groups is 1. The van der Waals surface area contributed by atoms with Gasteiger partial charge in [-0.1, -0.05) is 58.3 Å². The lowest BCUT2D eigenvalue weighted by molar-refractivity contribution is -0.909. The van der Waals surface area contributed by atoms with Crippen molar-refractivity contribution in [1.29, 1.82) is 0 Å². The van der Waals surface area contributed by atoms with E-state index in [9.17, 15) is 0 Å². The fourth-order valence-electron chi connectivity index (χ4n) is 2.39.